The molecule has 0 saturated carbocycles. The van der Waals surface area contributed by atoms with Gasteiger partial charge in [0, 0.05) is 26.5 Å². The molecule has 0 saturated heterocycles. The molecule has 1 heterocycles. The van der Waals surface area contributed by atoms with Gasteiger partial charge in [-0.2, -0.15) is 5.26 Å². The van der Waals surface area contributed by atoms with Gasteiger partial charge in [0.2, 0.25) is 0 Å². The second kappa shape index (κ2) is 3.44. The summed E-state index contributed by atoms with van der Waals surface area (Å²) in [6, 6.07) is 5.96. The smallest absolute Gasteiger partial charge is 0.138 e. The number of rotatable bonds is 1. The van der Waals surface area contributed by atoms with Crippen molar-refractivity contribution in [3.8, 4) is 5.40 Å². The molecule has 4 heteroatoms. The van der Waals surface area contributed by atoms with Crippen molar-refractivity contribution in [2.24, 2.45) is 0 Å². The predicted octanol–water partition coefficient (Wildman–Crippen LogP) is 3.50. The minimum absolute atomic E-state index is 0.977. The van der Waals surface area contributed by atoms with E-state index in [1.54, 1.807) is 0 Å². The number of nitrogens with one attached hydrogen (secondary N) is 1. The highest BCUT2D eigenvalue weighted by Crippen LogP contribution is 2.28. The lowest BCUT2D eigenvalue weighted by molar-refractivity contribution is 1.42. The molecular formula is C9H5BrN2S. The van der Waals surface area contributed by atoms with Gasteiger partial charge >= 0.3 is 0 Å². The molecule has 0 radical (unpaired) electrons. The van der Waals surface area contributed by atoms with E-state index in [0.717, 1.165) is 20.3 Å². The Morgan fingerprint density at radius 3 is 3.08 bits per heavy atom. The van der Waals surface area contributed by atoms with E-state index < -0.39 is 0 Å². The Labute approximate surface area is 88.1 Å². The summed E-state index contributed by atoms with van der Waals surface area (Å²) >= 11 is 4.57. The highest BCUT2D eigenvalue weighted by Gasteiger charge is 2.03. The molecule has 13 heavy (non-hydrogen) atoms. The molecule has 0 aliphatic heterocycles. The molecule has 1 aromatic heterocycles. The van der Waals surface area contributed by atoms with Crippen molar-refractivity contribution in [3.05, 3.63) is 28.9 Å². The van der Waals surface area contributed by atoms with Crippen LogP contribution in [0.3, 0.4) is 0 Å². The number of H-pyrrole nitrogens is 1. The first-order valence-electron chi connectivity index (χ1n) is 3.64. The first-order chi connectivity index (χ1) is 6.31. The minimum Gasteiger partial charge on any atom is -0.360 e. The minimum atomic E-state index is 0.977. The molecule has 0 fully saturated rings. The van der Waals surface area contributed by atoms with Crippen molar-refractivity contribution in [3.63, 3.8) is 0 Å². The number of nitrogens with zero attached hydrogens (tertiary/aromatic N) is 1. The van der Waals surface area contributed by atoms with Crippen LogP contribution in [0, 0.1) is 10.7 Å². The average Bonchev–Trinajstić information content (AvgIpc) is 2.49. The average molecular weight is 253 g/mol. The zero-order valence-corrected chi connectivity index (χ0v) is 8.95. The summed E-state index contributed by atoms with van der Waals surface area (Å²) in [4.78, 5) is 4.09. The van der Waals surface area contributed by atoms with E-state index in [9.17, 15) is 0 Å². The fraction of sp³-hybridized carbons (Fsp3) is 0. The number of hydrogen-bond donors (Lipinski definition) is 1. The predicted molar refractivity (Wildman–Crippen MR) is 57.5 cm³/mol. The second-order valence-corrected chi connectivity index (χ2v) is 4.28. The summed E-state index contributed by atoms with van der Waals surface area (Å²) in [6.07, 6.45) is 1.85. The Bertz CT molecular complexity index is 484. The number of aromatic amines is 1. The van der Waals surface area contributed by atoms with Gasteiger partial charge in [-0.3, -0.25) is 0 Å². The number of benzene rings is 1. The molecular weight excluding hydrogens is 248 g/mol. The zero-order valence-electron chi connectivity index (χ0n) is 6.54. The van der Waals surface area contributed by atoms with E-state index in [1.807, 2.05) is 24.4 Å². The van der Waals surface area contributed by atoms with Crippen molar-refractivity contribution >= 4 is 38.6 Å². The lowest BCUT2D eigenvalue weighted by atomic mass is 10.2. The fourth-order valence-electron chi connectivity index (χ4n) is 1.21. The van der Waals surface area contributed by atoms with E-state index >= 15 is 0 Å². The van der Waals surface area contributed by atoms with Gasteiger partial charge in [0.05, 0.1) is 0 Å². The first-order valence-corrected chi connectivity index (χ1v) is 5.25. The number of halogens is 1. The van der Waals surface area contributed by atoms with Crippen LogP contribution in [-0.2, 0) is 0 Å². The standard InChI is InChI=1S/C9H5BrN2S/c10-6-1-2-7-8(3-6)12-4-9(7)13-5-11/h1-4,12H. The maximum Gasteiger partial charge on any atom is 0.138 e. The van der Waals surface area contributed by atoms with Crippen LogP contribution in [-0.4, -0.2) is 4.98 Å². The molecule has 1 aromatic carbocycles. The van der Waals surface area contributed by atoms with Crippen LogP contribution in [0.1, 0.15) is 0 Å². The van der Waals surface area contributed by atoms with Crippen molar-refractivity contribution in [1.29, 1.82) is 5.26 Å². The largest absolute Gasteiger partial charge is 0.360 e. The van der Waals surface area contributed by atoms with Crippen molar-refractivity contribution in [2.45, 2.75) is 4.90 Å². The van der Waals surface area contributed by atoms with Gasteiger partial charge < -0.3 is 4.98 Å². The van der Waals surface area contributed by atoms with Crippen molar-refractivity contribution < 1.29 is 0 Å². The Hall–Kier alpha value is -0.920. The number of aromatic nitrogens is 1. The maximum atomic E-state index is 8.54. The van der Waals surface area contributed by atoms with Gasteiger partial charge in [-0.05, 0) is 23.9 Å². The zero-order chi connectivity index (χ0) is 9.26. The summed E-state index contributed by atoms with van der Waals surface area (Å²) in [5.41, 5.74) is 1.05. The molecule has 0 spiro atoms. The monoisotopic (exact) mass is 252 g/mol. The number of thiocyanates is 1. The number of fused-ring (bicyclic) bond motifs is 1. The normalized spacial score (nSPS) is 10.2. The van der Waals surface area contributed by atoms with Crippen LogP contribution in [0.25, 0.3) is 10.9 Å². The van der Waals surface area contributed by atoms with E-state index in [1.165, 1.54) is 11.8 Å². The van der Waals surface area contributed by atoms with Gasteiger partial charge in [0.25, 0.3) is 0 Å². The molecule has 0 unspecified atom stereocenters. The van der Waals surface area contributed by atoms with Gasteiger partial charge in [-0.1, -0.05) is 22.0 Å². The topological polar surface area (TPSA) is 39.6 Å². The van der Waals surface area contributed by atoms with Crippen LogP contribution in [0.2, 0.25) is 0 Å². The Morgan fingerprint density at radius 2 is 2.31 bits per heavy atom. The highest BCUT2D eigenvalue weighted by atomic mass is 79.9. The quantitative estimate of drug-likeness (QED) is 0.624. The van der Waals surface area contributed by atoms with Crippen LogP contribution in [0.5, 0.6) is 0 Å². The Balaban J connectivity index is 2.63. The summed E-state index contributed by atoms with van der Waals surface area (Å²) in [5, 5.41) is 11.7. The van der Waals surface area contributed by atoms with Crippen LogP contribution in [0.15, 0.2) is 33.8 Å². The van der Waals surface area contributed by atoms with Crippen LogP contribution in [0.4, 0.5) is 0 Å². The molecule has 2 nitrogen and oxygen atoms in total. The van der Waals surface area contributed by atoms with E-state index in [0.29, 0.717) is 0 Å². The third-order valence-electron chi connectivity index (χ3n) is 1.76. The van der Waals surface area contributed by atoms with Gasteiger partial charge in [-0.15, -0.1) is 0 Å². The molecule has 2 aromatic rings. The summed E-state index contributed by atoms with van der Waals surface area (Å²) < 4.78 is 1.04. The van der Waals surface area contributed by atoms with Crippen molar-refractivity contribution in [1.82, 2.24) is 4.98 Å². The Kier molecular flexibility index (Phi) is 2.30. The number of hydrogen-bond acceptors (Lipinski definition) is 2. The van der Waals surface area contributed by atoms with Crippen LogP contribution >= 0.6 is 27.7 Å². The van der Waals surface area contributed by atoms with Crippen molar-refractivity contribution in [2.75, 3.05) is 0 Å². The van der Waals surface area contributed by atoms with Gasteiger partial charge in [-0.25, -0.2) is 0 Å². The molecule has 0 aliphatic carbocycles. The summed E-state index contributed by atoms with van der Waals surface area (Å²) in [5.74, 6) is 0. The number of nitriles is 1. The van der Waals surface area contributed by atoms with Gasteiger partial charge in [0.1, 0.15) is 5.40 Å². The fourth-order valence-corrected chi connectivity index (χ4v) is 2.07. The van der Waals surface area contributed by atoms with Crippen LogP contribution < -0.4 is 0 Å². The molecule has 2 rings (SSSR count). The summed E-state index contributed by atoms with van der Waals surface area (Å²) in [7, 11) is 0. The van der Waals surface area contributed by atoms with E-state index in [2.05, 4.69) is 26.3 Å². The van der Waals surface area contributed by atoms with E-state index in [4.69, 9.17) is 5.26 Å². The second-order valence-electron chi connectivity index (χ2n) is 2.54. The lowest BCUT2D eigenvalue weighted by Gasteiger charge is -1.92. The SMILES string of the molecule is N#CSc1c[nH]c2cc(Br)ccc12. The molecule has 1 N–H and O–H groups in total. The molecule has 64 valence electrons. The molecule has 0 amide bonds. The third-order valence-corrected chi connectivity index (χ3v) is 2.90. The van der Waals surface area contributed by atoms with Gasteiger partial charge in [0.15, 0.2) is 0 Å². The third kappa shape index (κ3) is 1.58. The highest BCUT2D eigenvalue weighted by molar-refractivity contribution is 9.10. The maximum absolute atomic E-state index is 8.54. The molecule has 0 aliphatic rings. The lowest BCUT2D eigenvalue weighted by Crippen LogP contribution is -1.68. The molecule has 0 atom stereocenters. The Morgan fingerprint density at radius 1 is 1.46 bits per heavy atom. The first kappa shape index (κ1) is 8.67. The molecule has 0 bridgehead atoms. The summed E-state index contributed by atoms with van der Waals surface area (Å²) in [6.45, 7) is 0. The van der Waals surface area contributed by atoms with E-state index in [-0.39, 0.29) is 0 Å². The number of thioether (sulfide) groups is 1.